The molecule has 1 unspecified atom stereocenters. The van der Waals surface area contributed by atoms with Crippen LogP contribution in [-0.2, 0) is 0 Å². The number of piperidine rings is 1. The Bertz CT molecular complexity index is 1230. The van der Waals surface area contributed by atoms with Gasteiger partial charge in [0.25, 0.3) is 0 Å². The summed E-state index contributed by atoms with van der Waals surface area (Å²) in [5.41, 5.74) is 1.26. The van der Waals surface area contributed by atoms with Crippen LogP contribution in [0.3, 0.4) is 0 Å². The summed E-state index contributed by atoms with van der Waals surface area (Å²) in [7, 11) is 1.56. The number of hydrogen-bond donors (Lipinski definition) is 1. The van der Waals surface area contributed by atoms with E-state index in [4.69, 9.17) is 4.74 Å². The highest BCUT2D eigenvalue weighted by Gasteiger charge is 2.30. The molecule has 4 rings (SSSR count). The van der Waals surface area contributed by atoms with Gasteiger partial charge in [0.15, 0.2) is 17.5 Å². The molecule has 2 heterocycles. The van der Waals surface area contributed by atoms with Crippen LogP contribution in [0, 0.1) is 35.1 Å². The van der Waals surface area contributed by atoms with Gasteiger partial charge >= 0.3 is 0 Å². The fourth-order valence-corrected chi connectivity index (χ4v) is 5.93. The van der Waals surface area contributed by atoms with Gasteiger partial charge in [-0.2, -0.15) is 0 Å². The third-order valence-electron chi connectivity index (χ3n) is 7.05. The number of nitrogens with zero attached hydrogens (tertiary/aromatic N) is 2. The Hall–Kier alpha value is -2.43. The first kappa shape index (κ1) is 27.6. The molecule has 1 fully saturated rings. The molecule has 1 aromatic heterocycles. The van der Waals surface area contributed by atoms with E-state index in [0.717, 1.165) is 18.2 Å². The molecule has 0 aliphatic carbocycles. The standard InChI is InChI=1S/C27H29F5N2O2S/c1-36-18-3-5-24-20(12-18)19(6-8-33-24)21(28)4-2-16-7-9-34(14-17(16)15-35)10-11-37-27-23(30)13-22(29)25(31)26(27)32/h3,5-6,8,12-13,16-17,21,35H,2,4,7,9-11,14-15H2,1H3/t16-,17-,21?/m1/s1. The van der Waals surface area contributed by atoms with Gasteiger partial charge in [0, 0.05) is 43.1 Å². The number of aromatic nitrogens is 1. The lowest BCUT2D eigenvalue weighted by Gasteiger charge is -2.38. The van der Waals surface area contributed by atoms with Crippen LogP contribution in [0.4, 0.5) is 22.0 Å². The Morgan fingerprint density at radius 2 is 1.92 bits per heavy atom. The van der Waals surface area contributed by atoms with Crippen molar-refractivity contribution in [2.24, 2.45) is 11.8 Å². The maximum absolute atomic E-state index is 15.4. The maximum atomic E-state index is 15.4. The Balaban J connectivity index is 1.31. The SMILES string of the molecule is COc1ccc2nccc(C(F)CC[C@@H]3CCN(CCSc4c(F)cc(F)c(F)c4F)C[C@@H]3CO)c2c1. The van der Waals surface area contributed by atoms with E-state index in [-0.39, 0.29) is 24.2 Å². The number of benzene rings is 2. The molecule has 0 radical (unpaired) electrons. The number of halogens is 5. The zero-order chi connectivity index (χ0) is 26.5. The molecule has 3 atom stereocenters. The van der Waals surface area contributed by atoms with Crippen molar-refractivity contribution in [1.82, 2.24) is 9.88 Å². The van der Waals surface area contributed by atoms with Crippen molar-refractivity contribution < 1.29 is 31.8 Å². The molecule has 1 aliphatic rings. The molecular formula is C27H29F5N2O2S. The molecule has 1 aliphatic heterocycles. The summed E-state index contributed by atoms with van der Waals surface area (Å²) in [5.74, 6) is -4.91. The number of fused-ring (bicyclic) bond motifs is 1. The minimum atomic E-state index is -1.69. The zero-order valence-electron chi connectivity index (χ0n) is 20.4. The predicted molar refractivity (Wildman–Crippen MR) is 133 cm³/mol. The number of hydrogen-bond acceptors (Lipinski definition) is 5. The molecule has 0 amide bonds. The number of methoxy groups -OCH3 is 1. The Morgan fingerprint density at radius 3 is 2.68 bits per heavy atom. The van der Waals surface area contributed by atoms with E-state index >= 15 is 4.39 Å². The van der Waals surface area contributed by atoms with Gasteiger partial charge in [-0.05, 0) is 67.5 Å². The van der Waals surface area contributed by atoms with Gasteiger partial charge in [0.2, 0.25) is 0 Å². The molecule has 0 bridgehead atoms. The smallest absolute Gasteiger partial charge is 0.195 e. The molecule has 4 nitrogen and oxygen atoms in total. The summed E-state index contributed by atoms with van der Waals surface area (Å²) in [5, 5.41) is 10.7. The van der Waals surface area contributed by atoms with E-state index in [9.17, 15) is 22.7 Å². The third kappa shape index (κ3) is 6.35. The number of thioether (sulfide) groups is 1. The second kappa shape index (κ2) is 12.4. The lowest BCUT2D eigenvalue weighted by molar-refractivity contribution is 0.0672. The molecule has 37 heavy (non-hydrogen) atoms. The predicted octanol–water partition coefficient (Wildman–Crippen LogP) is 6.31. The van der Waals surface area contributed by atoms with Crippen molar-refractivity contribution in [1.29, 1.82) is 0 Å². The van der Waals surface area contributed by atoms with Crippen LogP contribution in [0.15, 0.2) is 41.4 Å². The van der Waals surface area contributed by atoms with Crippen molar-refractivity contribution in [3.05, 3.63) is 65.4 Å². The number of aliphatic hydroxyl groups is 1. The second-order valence-electron chi connectivity index (χ2n) is 9.27. The highest BCUT2D eigenvalue weighted by atomic mass is 32.2. The lowest BCUT2D eigenvalue weighted by Crippen LogP contribution is -2.43. The molecule has 1 saturated heterocycles. The second-order valence-corrected chi connectivity index (χ2v) is 10.4. The molecular weight excluding hydrogens is 511 g/mol. The summed E-state index contributed by atoms with van der Waals surface area (Å²) in [4.78, 5) is 5.83. The molecule has 0 saturated carbocycles. The van der Waals surface area contributed by atoms with Crippen molar-refractivity contribution in [3.8, 4) is 5.75 Å². The number of alkyl halides is 1. The molecule has 10 heteroatoms. The molecule has 0 spiro atoms. The number of aliphatic hydroxyl groups excluding tert-OH is 1. The van der Waals surface area contributed by atoms with Gasteiger partial charge in [-0.15, -0.1) is 11.8 Å². The fraction of sp³-hybridized carbons (Fsp3) is 0.444. The molecule has 3 aromatic rings. The Labute approximate surface area is 216 Å². The van der Waals surface area contributed by atoms with Gasteiger partial charge in [-0.1, -0.05) is 0 Å². The van der Waals surface area contributed by atoms with Crippen molar-refractivity contribution in [2.75, 3.05) is 39.1 Å². The number of ether oxygens (including phenoxy) is 1. The quantitative estimate of drug-likeness (QED) is 0.141. The van der Waals surface area contributed by atoms with Crippen LogP contribution >= 0.6 is 11.8 Å². The first-order valence-electron chi connectivity index (χ1n) is 12.2. The fourth-order valence-electron chi connectivity index (χ4n) is 4.97. The summed E-state index contributed by atoms with van der Waals surface area (Å²) >= 11 is 0.791. The topological polar surface area (TPSA) is 45.6 Å². The van der Waals surface area contributed by atoms with Crippen LogP contribution in [0.1, 0.15) is 31.0 Å². The summed E-state index contributed by atoms with van der Waals surface area (Å²) in [6.07, 6.45) is 2.08. The van der Waals surface area contributed by atoms with E-state index in [1.54, 1.807) is 37.6 Å². The van der Waals surface area contributed by atoms with Gasteiger partial charge in [-0.3, -0.25) is 4.98 Å². The van der Waals surface area contributed by atoms with Gasteiger partial charge in [0.05, 0.1) is 17.5 Å². The van der Waals surface area contributed by atoms with E-state index in [1.807, 2.05) is 0 Å². The molecule has 200 valence electrons. The van der Waals surface area contributed by atoms with Gasteiger partial charge < -0.3 is 14.7 Å². The zero-order valence-corrected chi connectivity index (χ0v) is 21.2. The normalized spacial score (nSPS) is 19.3. The molecule has 2 aromatic carbocycles. The van der Waals surface area contributed by atoms with Crippen molar-refractivity contribution in [3.63, 3.8) is 0 Å². The minimum Gasteiger partial charge on any atom is -0.497 e. The third-order valence-corrected chi connectivity index (χ3v) is 8.10. The Morgan fingerprint density at radius 1 is 1.11 bits per heavy atom. The number of rotatable bonds is 10. The first-order chi connectivity index (χ1) is 17.8. The average Bonchev–Trinajstić information content (AvgIpc) is 2.91. The van der Waals surface area contributed by atoms with Crippen molar-refractivity contribution >= 4 is 22.7 Å². The first-order valence-corrected chi connectivity index (χ1v) is 13.2. The number of pyridine rings is 1. The summed E-state index contributed by atoms with van der Waals surface area (Å²) in [6.45, 7) is 1.67. The van der Waals surface area contributed by atoms with E-state index in [0.29, 0.717) is 60.8 Å². The maximum Gasteiger partial charge on any atom is 0.195 e. The largest absolute Gasteiger partial charge is 0.497 e. The van der Waals surface area contributed by atoms with E-state index in [2.05, 4.69) is 9.88 Å². The monoisotopic (exact) mass is 540 g/mol. The highest BCUT2D eigenvalue weighted by Crippen LogP contribution is 2.35. The van der Waals surface area contributed by atoms with Crippen LogP contribution in [0.5, 0.6) is 5.75 Å². The Kier molecular flexibility index (Phi) is 9.26. The number of likely N-dealkylation sites (tertiary alicyclic amines) is 1. The molecule has 1 N–H and O–H groups in total. The van der Waals surface area contributed by atoms with Crippen LogP contribution in [0.25, 0.3) is 10.9 Å². The highest BCUT2D eigenvalue weighted by molar-refractivity contribution is 7.99. The van der Waals surface area contributed by atoms with Gasteiger partial charge in [0.1, 0.15) is 17.7 Å². The average molecular weight is 541 g/mol. The lowest BCUT2D eigenvalue weighted by atomic mass is 9.81. The van der Waals surface area contributed by atoms with Crippen molar-refractivity contribution in [2.45, 2.75) is 30.3 Å². The van der Waals surface area contributed by atoms with E-state index < -0.39 is 34.3 Å². The van der Waals surface area contributed by atoms with Crippen LogP contribution in [-0.4, -0.2) is 54.1 Å². The van der Waals surface area contributed by atoms with Gasteiger partial charge in [-0.25, -0.2) is 22.0 Å². The summed E-state index contributed by atoms with van der Waals surface area (Å²) in [6, 6.07) is 7.41. The van der Waals surface area contributed by atoms with Crippen LogP contribution < -0.4 is 4.74 Å². The van der Waals surface area contributed by atoms with Crippen LogP contribution in [0.2, 0.25) is 0 Å². The van der Waals surface area contributed by atoms with E-state index in [1.165, 1.54) is 0 Å². The minimum absolute atomic E-state index is 0.0485. The summed E-state index contributed by atoms with van der Waals surface area (Å²) < 4.78 is 75.0.